The van der Waals surface area contributed by atoms with Crippen molar-refractivity contribution in [3.63, 3.8) is 0 Å². The molecule has 5 heteroatoms. The lowest BCUT2D eigenvalue weighted by molar-refractivity contribution is -0.384. The largest absolute Gasteiger partial charge is 0.487 e. The lowest BCUT2D eigenvalue weighted by Crippen LogP contribution is -2.20. The Morgan fingerprint density at radius 3 is 2.86 bits per heavy atom. The third-order valence-corrected chi connectivity index (χ3v) is 4.92. The van der Waals surface area contributed by atoms with E-state index in [9.17, 15) is 10.1 Å². The van der Waals surface area contributed by atoms with Crippen molar-refractivity contribution in [2.75, 3.05) is 18.5 Å². The first kappa shape index (κ1) is 14.2. The minimum absolute atomic E-state index is 0.0579. The minimum atomic E-state index is -0.353. The van der Waals surface area contributed by atoms with Crippen LogP contribution in [0.5, 0.6) is 5.75 Å². The van der Waals surface area contributed by atoms with E-state index < -0.39 is 0 Å². The topological polar surface area (TPSA) is 64.4 Å². The van der Waals surface area contributed by atoms with Gasteiger partial charge in [-0.15, -0.1) is 0 Å². The molecule has 2 aliphatic rings. The van der Waals surface area contributed by atoms with Gasteiger partial charge in [-0.2, -0.15) is 0 Å². The summed E-state index contributed by atoms with van der Waals surface area (Å²) in [5.41, 5.74) is 0.635. The average Bonchev–Trinajstić information content (AvgIpc) is 3.07. The van der Waals surface area contributed by atoms with Crippen LogP contribution >= 0.6 is 0 Å². The summed E-state index contributed by atoms with van der Waals surface area (Å²) in [6, 6.07) is 5.24. The highest BCUT2D eigenvalue weighted by atomic mass is 16.6. The van der Waals surface area contributed by atoms with Crippen LogP contribution in [0.1, 0.15) is 32.6 Å². The first-order chi connectivity index (χ1) is 10.2. The lowest BCUT2D eigenvalue weighted by Gasteiger charge is -2.22. The van der Waals surface area contributed by atoms with Gasteiger partial charge in [0.15, 0.2) is 5.75 Å². The van der Waals surface area contributed by atoms with Gasteiger partial charge in [0, 0.05) is 6.54 Å². The molecule has 0 saturated heterocycles. The fourth-order valence-corrected chi connectivity index (χ4v) is 3.99. The highest BCUT2D eigenvalue weighted by Gasteiger charge is 2.39. The molecule has 5 nitrogen and oxygen atoms in total. The second-order valence-corrected chi connectivity index (χ2v) is 6.16. The summed E-state index contributed by atoms with van der Waals surface area (Å²) < 4.78 is 5.38. The number of hydrogen-bond donors (Lipinski definition) is 1. The second kappa shape index (κ2) is 5.92. The van der Waals surface area contributed by atoms with E-state index in [0.717, 1.165) is 18.4 Å². The maximum absolute atomic E-state index is 11.3. The molecule has 0 spiro atoms. The van der Waals surface area contributed by atoms with Crippen LogP contribution in [0.2, 0.25) is 0 Å². The van der Waals surface area contributed by atoms with Crippen LogP contribution in [0.4, 0.5) is 11.4 Å². The summed E-state index contributed by atoms with van der Waals surface area (Å²) in [5, 5.41) is 14.6. The zero-order valence-corrected chi connectivity index (χ0v) is 12.4. The summed E-state index contributed by atoms with van der Waals surface area (Å²) in [6.45, 7) is 3.09. The Bertz CT molecular complexity index is 532. The Morgan fingerprint density at radius 1 is 1.38 bits per heavy atom. The van der Waals surface area contributed by atoms with Gasteiger partial charge in [-0.1, -0.05) is 12.5 Å². The van der Waals surface area contributed by atoms with Crippen molar-refractivity contribution in [2.45, 2.75) is 32.6 Å². The fourth-order valence-electron chi connectivity index (χ4n) is 3.99. The molecule has 3 rings (SSSR count). The zero-order chi connectivity index (χ0) is 14.8. The van der Waals surface area contributed by atoms with Crippen LogP contribution in [0.3, 0.4) is 0 Å². The van der Waals surface area contributed by atoms with Crippen molar-refractivity contribution >= 4 is 11.4 Å². The molecule has 0 radical (unpaired) electrons. The van der Waals surface area contributed by atoms with Crippen molar-refractivity contribution in [1.82, 2.24) is 0 Å². The SMILES string of the molecule is CCOc1cccc(NCC2CC3CCC2C3)c1[N+](=O)[O-]. The predicted molar refractivity (Wildman–Crippen MR) is 81.7 cm³/mol. The Labute approximate surface area is 124 Å². The highest BCUT2D eigenvalue weighted by Crippen LogP contribution is 2.48. The normalized spacial score (nSPS) is 26.8. The van der Waals surface area contributed by atoms with Crippen LogP contribution in [0.15, 0.2) is 18.2 Å². The van der Waals surface area contributed by atoms with E-state index in [1.165, 1.54) is 25.7 Å². The highest BCUT2D eigenvalue weighted by molar-refractivity contribution is 5.68. The minimum Gasteiger partial charge on any atom is -0.487 e. The van der Waals surface area contributed by atoms with Gasteiger partial charge in [0.25, 0.3) is 0 Å². The predicted octanol–water partition coefficient (Wildman–Crippen LogP) is 3.84. The summed E-state index contributed by atoms with van der Waals surface area (Å²) in [4.78, 5) is 11.0. The third-order valence-electron chi connectivity index (χ3n) is 4.92. The van der Waals surface area contributed by atoms with E-state index in [4.69, 9.17) is 4.74 Å². The van der Waals surface area contributed by atoms with Crippen molar-refractivity contribution in [3.8, 4) is 5.75 Å². The summed E-state index contributed by atoms with van der Waals surface area (Å²) in [5.74, 6) is 2.72. The molecular formula is C16H22N2O3. The molecule has 0 heterocycles. The van der Waals surface area contributed by atoms with Crippen LogP contribution < -0.4 is 10.1 Å². The molecule has 3 unspecified atom stereocenters. The average molecular weight is 290 g/mol. The number of ether oxygens (including phenoxy) is 1. The van der Waals surface area contributed by atoms with Crippen LogP contribution in [-0.4, -0.2) is 18.1 Å². The van der Waals surface area contributed by atoms with E-state index >= 15 is 0 Å². The molecule has 1 N–H and O–H groups in total. The smallest absolute Gasteiger partial charge is 0.333 e. The molecule has 2 bridgehead atoms. The quantitative estimate of drug-likeness (QED) is 0.638. The molecule has 1 aromatic carbocycles. The van der Waals surface area contributed by atoms with Crippen LogP contribution in [-0.2, 0) is 0 Å². The van der Waals surface area contributed by atoms with Gasteiger partial charge in [-0.3, -0.25) is 10.1 Å². The first-order valence-corrected chi connectivity index (χ1v) is 7.83. The molecule has 3 atom stereocenters. The van der Waals surface area contributed by atoms with Gasteiger partial charge in [0.05, 0.1) is 11.5 Å². The number of rotatable bonds is 6. The van der Waals surface area contributed by atoms with E-state index in [-0.39, 0.29) is 10.6 Å². The summed E-state index contributed by atoms with van der Waals surface area (Å²) >= 11 is 0. The van der Waals surface area contributed by atoms with Crippen molar-refractivity contribution in [1.29, 1.82) is 0 Å². The monoisotopic (exact) mass is 290 g/mol. The molecule has 114 valence electrons. The van der Waals surface area contributed by atoms with Crippen LogP contribution in [0, 0.1) is 27.9 Å². The van der Waals surface area contributed by atoms with E-state index in [2.05, 4.69) is 5.32 Å². The Kier molecular flexibility index (Phi) is 3.99. The fraction of sp³-hybridized carbons (Fsp3) is 0.625. The number of para-hydroxylation sites is 1. The van der Waals surface area contributed by atoms with Gasteiger partial charge in [0.2, 0.25) is 0 Å². The van der Waals surface area contributed by atoms with Gasteiger partial charge in [0.1, 0.15) is 5.69 Å². The van der Waals surface area contributed by atoms with Crippen molar-refractivity contribution in [3.05, 3.63) is 28.3 Å². The number of nitro benzene ring substituents is 1. The van der Waals surface area contributed by atoms with Crippen molar-refractivity contribution in [2.24, 2.45) is 17.8 Å². The maximum Gasteiger partial charge on any atom is 0.333 e. The summed E-state index contributed by atoms with van der Waals surface area (Å²) in [6.07, 6.45) is 5.34. The maximum atomic E-state index is 11.3. The Hall–Kier alpha value is -1.78. The standard InChI is InChI=1S/C16H22N2O3/c1-2-21-15-5-3-4-14(16(15)18(19)20)17-10-13-9-11-6-7-12(13)8-11/h3-5,11-13,17H,2,6-10H2,1H3. The van der Waals surface area contributed by atoms with E-state index in [1.807, 2.05) is 6.92 Å². The molecule has 2 saturated carbocycles. The molecule has 0 aromatic heterocycles. The summed E-state index contributed by atoms with van der Waals surface area (Å²) in [7, 11) is 0. The number of nitrogens with one attached hydrogen (secondary N) is 1. The number of hydrogen-bond acceptors (Lipinski definition) is 4. The third kappa shape index (κ3) is 2.82. The molecule has 0 aliphatic heterocycles. The van der Waals surface area contributed by atoms with Crippen molar-refractivity contribution < 1.29 is 9.66 Å². The van der Waals surface area contributed by atoms with Gasteiger partial charge >= 0.3 is 5.69 Å². The zero-order valence-electron chi connectivity index (χ0n) is 12.4. The number of nitro groups is 1. The molecular weight excluding hydrogens is 268 g/mol. The molecule has 21 heavy (non-hydrogen) atoms. The molecule has 0 amide bonds. The molecule has 1 aromatic rings. The van der Waals surface area contributed by atoms with E-state index in [0.29, 0.717) is 24.0 Å². The number of benzene rings is 1. The van der Waals surface area contributed by atoms with Crippen LogP contribution in [0.25, 0.3) is 0 Å². The van der Waals surface area contributed by atoms with Gasteiger partial charge in [-0.05, 0) is 56.1 Å². The van der Waals surface area contributed by atoms with E-state index in [1.54, 1.807) is 18.2 Å². The number of nitrogens with zero attached hydrogens (tertiary/aromatic N) is 1. The van der Waals surface area contributed by atoms with Gasteiger partial charge in [-0.25, -0.2) is 0 Å². The molecule has 2 fully saturated rings. The Morgan fingerprint density at radius 2 is 2.24 bits per heavy atom. The Balaban J connectivity index is 1.72. The second-order valence-electron chi connectivity index (χ2n) is 6.16. The lowest BCUT2D eigenvalue weighted by atomic mass is 9.89. The number of fused-ring (bicyclic) bond motifs is 2. The number of anilines is 1. The molecule has 2 aliphatic carbocycles. The first-order valence-electron chi connectivity index (χ1n) is 7.83. The van der Waals surface area contributed by atoms with Gasteiger partial charge < -0.3 is 10.1 Å².